The van der Waals surface area contributed by atoms with Crippen molar-refractivity contribution in [3.63, 3.8) is 0 Å². The zero-order valence-corrected chi connectivity index (χ0v) is 18.2. The largest absolute Gasteiger partial charge is 0.454 e. The molecular weight excluding hydrogens is 390 g/mol. The summed E-state index contributed by atoms with van der Waals surface area (Å²) < 4.78 is 10.9. The summed E-state index contributed by atoms with van der Waals surface area (Å²) in [5, 5.41) is 3.00. The van der Waals surface area contributed by atoms with Gasteiger partial charge in [0.25, 0.3) is 0 Å². The second-order valence-electron chi connectivity index (χ2n) is 9.71. The Morgan fingerprint density at radius 2 is 1.58 bits per heavy atom. The number of Topliss-reactive ketones (excluding diaryl/α,β-unsaturated/α-hetero) is 1. The normalized spacial score (nSPS) is 22.9. The summed E-state index contributed by atoms with van der Waals surface area (Å²) in [4.78, 5) is 25.8. The molecule has 0 bridgehead atoms. The summed E-state index contributed by atoms with van der Waals surface area (Å²) in [6, 6.07) is 14.3. The molecule has 160 valence electrons. The van der Waals surface area contributed by atoms with Crippen molar-refractivity contribution in [2.24, 2.45) is 0 Å². The van der Waals surface area contributed by atoms with Gasteiger partial charge < -0.3 is 14.8 Å². The number of rotatable bonds is 2. The number of carbonyl (C=O) groups is 2. The van der Waals surface area contributed by atoms with E-state index in [1.165, 1.54) is 5.56 Å². The predicted octanol–water partition coefficient (Wildman–Crippen LogP) is 4.72. The van der Waals surface area contributed by atoms with E-state index in [9.17, 15) is 9.59 Å². The number of ether oxygens (including phenoxy) is 2. The summed E-state index contributed by atoms with van der Waals surface area (Å²) in [6.07, 6.45) is 1.41. The van der Waals surface area contributed by atoms with Gasteiger partial charge in [0.05, 0.1) is 0 Å². The van der Waals surface area contributed by atoms with Gasteiger partial charge in [-0.1, -0.05) is 51.1 Å². The molecule has 5 heteroatoms. The molecule has 3 aliphatic rings. The van der Waals surface area contributed by atoms with Crippen molar-refractivity contribution >= 4 is 11.7 Å². The molecule has 2 heterocycles. The van der Waals surface area contributed by atoms with Crippen LogP contribution in [0.15, 0.2) is 53.7 Å². The summed E-state index contributed by atoms with van der Waals surface area (Å²) in [5.41, 5.74) is 4.96. The molecule has 2 aliphatic heterocycles. The van der Waals surface area contributed by atoms with E-state index in [0.29, 0.717) is 24.3 Å². The molecule has 0 spiro atoms. The van der Waals surface area contributed by atoms with Crippen LogP contribution in [-0.2, 0) is 15.0 Å². The molecule has 5 nitrogen and oxygen atoms in total. The second kappa shape index (κ2) is 7.26. The van der Waals surface area contributed by atoms with Crippen molar-refractivity contribution < 1.29 is 19.1 Å². The Bertz CT molecular complexity index is 1090. The smallest absolute Gasteiger partial charge is 0.231 e. The van der Waals surface area contributed by atoms with Gasteiger partial charge in [0.2, 0.25) is 12.7 Å². The van der Waals surface area contributed by atoms with Crippen molar-refractivity contribution in [3.8, 4) is 11.5 Å². The summed E-state index contributed by atoms with van der Waals surface area (Å²) in [5.74, 6) is 1.29. The van der Waals surface area contributed by atoms with Gasteiger partial charge in [0, 0.05) is 30.0 Å². The molecule has 0 saturated carbocycles. The number of hydrogen-bond donors (Lipinski definition) is 1. The van der Waals surface area contributed by atoms with Gasteiger partial charge in [-0.2, -0.15) is 0 Å². The third-order valence-electron chi connectivity index (χ3n) is 6.58. The van der Waals surface area contributed by atoms with E-state index in [4.69, 9.17) is 9.47 Å². The van der Waals surface area contributed by atoms with Crippen LogP contribution in [0.2, 0.25) is 0 Å². The highest BCUT2D eigenvalue weighted by Crippen LogP contribution is 2.44. The van der Waals surface area contributed by atoms with Crippen LogP contribution in [0.1, 0.15) is 68.6 Å². The van der Waals surface area contributed by atoms with Crippen LogP contribution in [0.4, 0.5) is 0 Å². The fourth-order valence-electron chi connectivity index (χ4n) is 4.87. The van der Waals surface area contributed by atoms with Crippen molar-refractivity contribution in [2.45, 2.75) is 57.3 Å². The Labute approximate surface area is 182 Å². The fourth-order valence-corrected chi connectivity index (χ4v) is 4.87. The Balaban J connectivity index is 1.46. The van der Waals surface area contributed by atoms with Gasteiger partial charge >= 0.3 is 0 Å². The maximum Gasteiger partial charge on any atom is 0.231 e. The van der Waals surface area contributed by atoms with Gasteiger partial charge in [-0.25, -0.2) is 0 Å². The van der Waals surface area contributed by atoms with Crippen LogP contribution in [0.3, 0.4) is 0 Å². The molecule has 2 atom stereocenters. The number of benzene rings is 2. The Hall–Kier alpha value is -3.08. The van der Waals surface area contributed by atoms with Gasteiger partial charge in [-0.05, 0) is 46.6 Å². The molecule has 2 aromatic rings. The maximum absolute atomic E-state index is 13.3. The second-order valence-corrected chi connectivity index (χ2v) is 9.71. The molecule has 0 saturated heterocycles. The lowest BCUT2D eigenvalue weighted by Crippen LogP contribution is -2.38. The zero-order chi connectivity index (χ0) is 21.8. The molecular formula is C26H27NO4. The number of nitrogens with one attached hydrogen (secondary N) is 1. The van der Waals surface area contributed by atoms with Crippen molar-refractivity contribution in [1.29, 1.82) is 0 Å². The lowest BCUT2D eigenvalue weighted by molar-refractivity contribution is -0.122. The van der Waals surface area contributed by atoms with Crippen molar-refractivity contribution in [1.82, 2.24) is 5.32 Å². The van der Waals surface area contributed by atoms with E-state index in [2.05, 4.69) is 50.4 Å². The average Bonchev–Trinajstić information content (AvgIpc) is 3.20. The zero-order valence-electron chi connectivity index (χ0n) is 18.2. The molecule has 2 aromatic carbocycles. The Morgan fingerprint density at radius 1 is 0.871 bits per heavy atom. The van der Waals surface area contributed by atoms with E-state index in [1.807, 2.05) is 18.2 Å². The van der Waals surface area contributed by atoms with Crippen LogP contribution >= 0.6 is 0 Å². The maximum atomic E-state index is 13.3. The van der Waals surface area contributed by atoms with Crippen LogP contribution in [0.5, 0.6) is 11.5 Å². The molecule has 5 rings (SSSR count). The SMILES string of the molecule is CC(C)(C)c1ccc(C2CC(=O)C3=C(C2)NC(=O)CC3c2ccc3c(c2)OCO3)cc1. The predicted molar refractivity (Wildman–Crippen MR) is 117 cm³/mol. The first kappa shape index (κ1) is 19.9. The van der Waals surface area contributed by atoms with Crippen LogP contribution in [0, 0.1) is 0 Å². The molecule has 31 heavy (non-hydrogen) atoms. The third-order valence-corrected chi connectivity index (χ3v) is 6.58. The average molecular weight is 418 g/mol. The van der Waals surface area contributed by atoms with Crippen LogP contribution in [-0.4, -0.2) is 18.5 Å². The van der Waals surface area contributed by atoms with Gasteiger partial charge in [0.15, 0.2) is 17.3 Å². The van der Waals surface area contributed by atoms with Crippen molar-refractivity contribution in [2.75, 3.05) is 6.79 Å². The summed E-state index contributed by atoms with van der Waals surface area (Å²) in [6.45, 7) is 6.78. The number of carbonyl (C=O) groups excluding carboxylic acids is 2. The molecule has 0 radical (unpaired) electrons. The lowest BCUT2D eigenvalue weighted by Gasteiger charge is -2.34. The highest BCUT2D eigenvalue weighted by atomic mass is 16.7. The van der Waals surface area contributed by atoms with Crippen LogP contribution in [0.25, 0.3) is 0 Å². The highest BCUT2D eigenvalue weighted by molar-refractivity contribution is 6.02. The van der Waals surface area contributed by atoms with Crippen molar-refractivity contribution in [3.05, 3.63) is 70.4 Å². The van der Waals surface area contributed by atoms with Gasteiger partial charge in [-0.3, -0.25) is 9.59 Å². The van der Waals surface area contributed by atoms with E-state index < -0.39 is 0 Å². The van der Waals surface area contributed by atoms with Gasteiger partial charge in [-0.15, -0.1) is 0 Å². The minimum atomic E-state index is -0.241. The highest BCUT2D eigenvalue weighted by Gasteiger charge is 2.38. The van der Waals surface area contributed by atoms with Gasteiger partial charge in [0.1, 0.15) is 0 Å². The van der Waals surface area contributed by atoms with E-state index in [1.54, 1.807) is 0 Å². The molecule has 2 unspecified atom stereocenters. The molecule has 1 amide bonds. The van der Waals surface area contributed by atoms with Crippen LogP contribution < -0.4 is 14.8 Å². The monoisotopic (exact) mass is 417 g/mol. The third kappa shape index (κ3) is 3.62. The lowest BCUT2D eigenvalue weighted by atomic mass is 9.73. The molecule has 1 N–H and O–H groups in total. The van der Waals surface area contributed by atoms with E-state index in [-0.39, 0.29) is 42.2 Å². The first-order valence-electron chi connectivity index (χ1n) is 10.9. The summed E-state index contributed by atoms with van der Waals surface area (Å²) in [7, 11) is 0. The number of fused-ring (bicyclic) bond motifs is 1. The molecule has 1 aliphatic carbocycles. The standard InChI is InChI=1S/C26H27NO4/c1-26(2,3)18-7-4-15(5-8-18)17-10-20-25(21(28)11-17)19(13-24(29)27-20)16-6-9-22-23(12-16)31-14-30-22/h4-9,12,17,19H,10-11,13-14H2,1-3H3,(H,27,29). The molecule has 0 fully saturated rings. The minimum absolute atomic E-state index is 0.0436. The quantitative estimate of drug-likeness (QED) is 0.768. The molecule has 0 aromatic heterocycles. The first-order chi connectivity index (χ1) is 14.8. The number of ketones is 1. The fraction of sp³-hybridized carbons (Fsp3) is 0.385. The summed E-state index contributed by atoms with van der Waals surface area (Å²) >= 11 is 0. The first-order valence-corrected chi connectivity index (χ1v) is 10.9. The Morgan fingerprint density at radius 3 is 2.32 bits per heavy atom. The number of hydrogen-bond acceptors (Lipinski definition) is 4. The Kier molecular flexibility index (Phi) is 4.65. The number of amides is 1. The minimum Gasteiger partial charge on any atom is -0.454 e. The topological polar surface area (TPSA) is 64.6 Å². The van der Waals surface area contributed by atoms with E-state index >= 15 is 0 Å². The number of allylic oxidation sites excluding steroid dienone is 2. The van der Waals surface area contributed by atoms with E-state index in [0.717, 1.165) is 22.4 Å².